The lowest BCUT2D eigenvalue weighted by molar-refractivity contribution is -0.174. The van der Waals surface area contributed by atoms with Crippen molar-refractivity contribution in [2.24, 2.45) is 0 Å². The summed E-state index contributed by atoms with van der Waals surface area (Å²) in [7, 11) is 0. The number of aliphatic hydroxyl groups excluding tert-OH is 4. The number of aromatic hydroxyl groups is 4. The highest BCUT2D eigenvalue weighted by molar-refractivity contribution is 5.88. The van der Waals surface area contributed by atoms with Crippen molar-refractivity contribution in [3.8, 4) is 40.1 Å². The number of hydrogen-bond donors (Lipinski definition) is 8. The van der Waals surface area contributed by atoms with Crippen molar-refractivity contribution in [1.29, 1.82) is 0 Å². The van der Waals surface area contributed by atoms with Crippen LogP contribution in [0.25, 0.3) is 28.4 Å². The highest BCUT2D eigenvalue weighted by Crippen LogP contribution is 2.36. The van der Waals surface area contributed by atoms with Gasteiger partial charge in [-0.25, -0.2) is 4.79 Å². The van der Waals surface area contributed by atoms with Crippen LogP contribution in [-0.4, -0.2) is 78.0 Å². The number of phenolic OH excluding ortho intramolecular Hbond substituents is 4. The first kappa shape index (κ1) is 29.9. The first-order chi connectivity index (χ1) is 19.9. The summed E-state index contributed by atoms with van der Waals surface area (Å²) in [6, 6.07) is 13.0. The van der Waals surface area contributed by atoms with Crippen LogP contribution in [0.2, 0.25) is 0 Å². The van der Waals surface area contributed by atoms with Gasteiger partial charge in [0.15, 0.2) is 5.76 Å². The molecule has 0 bridgehead atoms. The van der Waals surface area contributed by atoms with Crippen molar-refractivity contribution in [3.63, 3.8) is 0 Å². The maximum absolute atomic E-state index is 13.3. The van der Waals surface area contributed by atoms with Crippen LogP contribution < -0.4 is 10.2 Å². The van der Waals surface area contributed by atoms with Gasteiger partial charge in [-0.05, 0) is 48.0 Å². The number of aliphatic hydroxyl groups is 4. The minimum Gasteiger partial charge on any atom is -0.508 e. The maximum atomic E-state index is 13.3. The Morgan fingerprint density at radius 2 is 1.45 bits per heavy atom. The Bertz CT molecular complexity index is 1640. The largest absolute Gasteiger partial charge is 0.508 e. The summed E-state index contributed by atoms with van der Waals surface area (Å²) in [6.45, 7) is -0.794. The summed E-state index contributed by atoms with van der Waals surface area (Å²) >= 11 is 0. The van der Waals surface area contributed by atoms with E-state index < -0.39 is 65.2 Å². The highest BCUT2D eigenvalue weighted by Gasteiger charge is 2.34. The fraction of sp³-hybridized carbons (Fsp3) is 0.172. The fourth-order valence-corrected chi connectivity index (χ4v) is 3.83. The van der Waals surface area contributed by atoms with E-state index in [9.17, 15) is 50.4 Å². The number of ether oxygens (including phenoxy) is 2. The average molecular weight is 583 g/mol. The number of carbonyl (C=O) groups is 1. The van der Waals surface area contributed by atoms with E-state index in [0.717, 1.165) is 18.2 Å². The molecule has 1 heterocycles. The molecule has 0 amide bonds. The van der Waals surface area contributed by atoms with Gasteiger partial charge in [-0.1, -0.05) is 12.1 Å². The molecule has 8 N–H and O–H groups in total. The molecule has 0 fully saturated rings. The molecule has 0 aliphatic carbocycles. The number of rotatable bonds is 10. The molecule has 0 aliphatic rings. The van der Waals surface area contributed by atoms with E-state index >= 15 is 0 Å². The van der Waals surface area contributed by atoms with E-state index in [2.05, 4.69) is 0 Å². The highest BCUT2D eigenvalue weighted by atomic mass is 16.6. The SMILES string of the molecule is O=C(/C=C/c1ccc(O)cc1)OCC(O)C(O)C(O)C(O)Oc1c(-c2ccc(O)cc2)oc2cc(O)cc(O)c2c1=O. The van der Waals surface area contributed by atoms with E-state index in [4.69, 9.17) is 13.9 Å². The van der Waals surface area contributed by atoms with Gasteiger partial charge in [0.05, 0.1) is 0 Å². The quantitative estimate of drug-likeness (QED) is 0.0750. The second kappa shape index (κ2) is 12.6. The Kier molecular flexibility index (Phi) is 8.98. The molecule has 220 valence electrons. The van der Waals surface area contributed by atoms with Crippen molar-refractivity contribution in [1.82, 2.24) is 0 Å². The Morgan fingerprint density at radius 3 is 2.10 bits per heavy atom. The predicted molar refractivity (Wildman–Crippen MR) is 146 cm³/mol. The van der Waals surface area contributed by atoms with Gasteiger partial charge in [0.1, 0.15) is 58.9 Å². The molecule has 13 nitrogen and oxygen atoms in total. The molecule has 13 heteroatoms. The monoisotopic (exact) mass is 582 g/mol. The molecule has 4 atom stereocenters. The topological polar surface area (TPSA) is 228 Å². The third-order valence-electron chi connectivity index (χ3n) is 6.02. The van der Waals surface area contributed by atoms with Gasteiger partial charge in [-0.2, -0.15) is 0 Å². The van der Waals surface area contributed by atoms with Gasteiger partial charge < -0.3 is 54.7 Å². The molecule has 4 unspecified atom stereocenters. The lowest BCUT2D eigenvalue weighted by Gasteiger charge is -2.26. The molecule has 0 spiro atoms. The molecular weight excluding hydrogens is 556 g/mol. The summed E-state index contributed by atoms with van der Waals surface area (Å²) in [5.74, 6) is -3.12. The number of carbonyl (C=O) groups excluding carboxylic acids is 1. The summed E-state index contributed by atoms with van der Waals surface area (Å²) in [5, 5.41) is 80.0. The molecule has 4 rings (SSSR count). The molecular formula is C29H26O13. The number of hydrogen-bond acceptors (Lipinski definition) is 13. The van der Waals surface area contributed by atoms with Crippen LogP contribution in [-0.2, 0) is 9.53 Å². The summed E-state index contributed by atoms with van der Waals surface area (Å²) < 4.78 is 15.8. The van der Waals surface area contributed by atoms with Crippen molar-refractivity contribution >= 4 is 23.0 Å². The normalized spacial score (nSPS) is 14.4. The third kappa shape index (κ3) is 6.79. The summed E-state index contributed by atoms with van der Waals surface area (Å²) in [5.41, 5.74) is -0.553. The van der Waals surface area contributed by atoms with Gasteiger partial charge in [0.2, 0.25) is 17.5 Å². The molecule has 42 heavy (non-hydrogen) atoms. The maximum Gasteiger partial charge on any atom is 0.330 e. The molecule has 4 aromatic rings. The zero-order valence-electron chi connectivity index (χ0n) is 21.6. The van der Waals surface area contributed by atoms with Crippen molar-refractivity contribution in [2.45, 2.75) is 24.6 Å². The van der Waals surface area contributed by atoms with Gasteiger partial charge in [-0.3, -0.25) is 4.79 Å². The van der Waals surface area contributed by atoms with Crippen LogP contribution in [0.15, 0.2) is 76.0 Å². The van der Waals surface area contributed by atoms with Crippen LogP contribution in [0.1, 0.15) is 5.56 Å². The Morgan fingerprint density at radius 1 is 0.833 bits per heavy atom. The first-order valence-electron chi connectivity index (χ1n) is 12.3. The smallest absolute Gasteiger partial charge is 0.330 e. The minimum absolute atomic E-state index is 0.0352. The third-order valence-corrected chi connectivity index (χ3v) is 6.02. The van der Waals surface area contributed by atoms with Gasteiger partial charge in [0.25, 0.3) is 0 Å². The Hall–Kier alpha value is -5.08. The average Bonchev–Trinajstić information content (AvgIpc) is 2.96. The molecule has 0 saturated carbocycles. The van der Waals surface area contributed by atoms with Crippen molar-refractivity contribution < 1.29 is 59.5 Å². The second-order valence-electron chi connectivity index (χ2n) is 9.09. The van der Waals surface area contributed by atoms with Crippen molar-refractivity contribution in [2.75, 3.05) is 6.61 Å². The van der Waals surface area contributed by atoms with Gasteiger partial charge in [-0.15, -0.1) is 0 Å². The van der Waals surface area contributed by atoms with E-state index in [-0.39, 0.29) is 28.4 Å². The standard InChI is InChI=1S/C29H26O13/c30-16-6-1-14(2-7-16)3-10-22(35)40-13-20(34)24(36)26(38)29(39)42-28-25(37)23-19(33)11-18(32)12-21(23)41-27(28)15-4-8-17(31)9-5-15/h1-12,20,24,26,29-34,36,38-39H,13H2/b10-3+. The van der Waals surface area contributed by atoms with Crippen LogP contribution in [0.4, 0.5) is 0 Å². The molecule has 1 aromatic heterocycles. The van der Waals surface area contributed by atoms with Gasteiger partial charge >= 0.3 is 5.97 Å². The van der Waals surface area contributed by atoms with Crippen LogP contribution >= 0.6 is 0 Å². The molecule has 0 radical (unpaired) electrons. The van der Waals surface area contributed by atoms with E-state index in [1.54, 1.807) is 0 Å². The predicted octanol–water partition coefficient (Wildman–Crippen LogP) is 1.32. The second-order valence-corrected chi connectivity index (χ2v) is 9.09. The summed E-state index contributed by atoms with van der Waals surface area (Å²) in [6.07, 6.45) is -6.24. The van der Waals surface area contributed by atoms with Crippen LogP contribution in [0.5, 0.6) is 28.7 Å². The lowest BCUT2D eigenvalue weighted by Crippen LogP contribution is -2.48. The molecule has 0 aliphatic heterocycles. The van der Waals surface area contributed by atoms with Gasteiger partial charge in [0, 0.05) is 23.8 Å². The first-order valence-corrected chi connectivity index (χ1v) is 12.3. The lowest BCUT2D eigenvalue weighted by atomic mass is 10.1. The van der Waals surface area contributed by atoms with Crippen molar-refractivity contribution in [3.05, 3.63) is 82.5 Å². The Labute approximate surface area is 236 Å². The number of benzene rings is 3. The van der Waals surface area contributed by atoms with E-state index in [1.807, 2.05) is 0 Å². The van der Waals surface area contributed by atoms with Crippen LogP contribution in [0, 0.1) is 0 Å². The zero-order valence-corrected chi connectivity index (χ0v) is 21.6. The number of esters is 1. The fourth-order valence-electron chi connectivity index (χ4n) is 3.83. The van der Waals surface area contributed by atoms with Crippen LogP contribution in [0.3, 0.4) is 0 Å². The zero-order chi connectivity index (χ0) is 30.6. The molecule has 3 aromatic carbocycles. The minimum atomic E-state index is -2.35. The van der Waals surface area contributed by atoms with E-state index in [0.29, 0.717) is 5.56 Å². The van der Waals surface area contributed by atoms with E-state index in [1.165, 1.54) is 54.6 Å². The Balaban J connectivity index is 1.51. The molecule has 0 saturated heterocycles. The summed E-state index contributed by atoms with van der Waals surface area (Å²) in [4.78, 5) is 25.2. The number of fused-ring (bicyclic) bond motifs is 1. The number of phenols is 4.